The zero-order valence-electron chi connectivity index (χ0n) is 17.4. The molecule has 0 bridgehead atoms. The van der Waals surface area contributed by atoms with Crippen molar-refractivity contribution in [2.24, 2.45) is 5.73 Å². The quantitative estimate of drug-likeness (QED) is 0.494. The Kier molecular flexibility index (Phi) is 5.37. The van der Waals surface area contributed by atoms with Crippen LogP contribution in [0.2, 0.25) is 0 Å². The van der Waals surface area contributed by atoms with Crippen LogP contribution >= 0.6 is 0 Å². The van der Waals surface area contributed by atoms with Gasteiger partial charge in [0, 0.05) is 16.8 Å². The van der Waals surface area contributed by atoms with Gasteiger partial charge < -0.3 is 21.1 Å². The van der Waals surface area contributed by atoms with Crippen LogP contribution in [-0.4, -0.2) is 30.5 Å². The lowest BCUT2D eigenvalue weighted by molar-refractivity contribution is -0.117. The molecule has 7 heteroatoms. The van der Waals surface area contributed by atoms with Gasteiger partial charge in [-0.3, -0.25) is 9.59 Å². The van der Waals surface area contributed by atoms with Crippen molar-refractivity contribution < 1.29 is 18.7 Å². The van der Waals surface area contributed by atoms with Crippen molar-refractivity contribution >= 4 is 28.6 Å². The molecule has 0 aromatic heterocycles. The maximum Gasteiger partial charge on any atom is 0.260 e. The number of ether oxygens (including phenoxy) is 1. The van der Waals surface area contributed by atoms with Gasteiger partial charge in [-0.1, -0.05) is 24.3 Å². The molecular formula is C24H24FN3O3. The number of nitrogens with one attached hydrogen (secondary N) is 2. The molecule has 0 aliphatic carbocycles. The summed E-state index contributed by atoms with van der Waals surface area (Å²) in [6, 6.07) is 12.3. The fourth-order valence-electron chi connectivity index (χ4n) is 3.90. The molecule has 4 N–H and O–H groups in total. The number of carbonyl (C=O) groups is 2. The topological polar surface area (TPSA) is 93.4 Å². The van der Waals surface area contributed by atoms with Crippen LogP contribution in [0.5, 0.6) is 0 Å². The molecule has 2 aliphatic rings. The van der Waals surface area contributed by atoms with Gasteiger partial charge in [-0.15, -0.1) is 0 Å². The summed E-state index contributed by atoms with van der Waals surface area (Å²) in [5.74, 6) is -0.656. The van der Waals surface area contributed by atoms with E-state index in [0.29, 0.717) is 29.1 Å². The van der Waals surface area contributed by atoms with Gasteiger partial charge in [0.1, 0.15) is 17.2 Å². The summed E-state index contributed by atoms with van der Waals surface area (Å²) in [6.07, 6.45) is 2.63. The molecule has 4 rings (SSSR count). The van der Waals surface area contributed by atoms with Crippen LogP contribution in [0.25, 0.3) is 11.1 Å². The molecule has 31 heavy (non-hydrogen) atoms. The van der Waals surface area contributed by atoms with E-state index in [1.807, 2.05) is 44.2 Å². The average molecular weight is 421 g/mol. The van der Waals surface area contributed by atoms with Crippen LogP contribution in [0.1, 0.15) is 30.5 Å². The van der Waals surface area contributed by atoms with Crippen molar-refractivity contribution in [3.05, 3.63) is 76.8 Å². The molecule has 0 saturated heterocycles. The molecule has 2 amide bonds. The lowest BCUT2D eigenvalue weighted by Crippen LogP contribution is -2.29. The summed E-state index contributed by atoms with van der Waals surface area (Å²) in [5, 5.41) is 5.76. The standard InChI is InChI=1S/C24H24FN3O3/c1-24(2)18(15-5-3-14(4-6-15)9-10-27-13-21(26)29)12-20(31-24)22-17-11-16(25)7-8-19(17)28-23(22)30/h3-8,11-12,27H,9-10,13H2,1-2H3,(H2,26,29)(H,28,30)/b22-20+. The van der Waals surface area contributed by atoms with E-state index in [9.17, 15) is 14.0 Å². The van der Waals surface area contributed by atoms with E-state index < -0.39 is 11.4 Å². The zero-order chi connectivity index (χ0) is 22.2. The minimum Gasteiger partial charge on any atom is -0.482 e. The normalized spacial score (nSPS) is 18.9. The SMILES string of the molecule is CC1(C)O/C(=C2/C(=O)Nc3ccc(F)cc32)C=C1c1ccc(CCNCC(N)=O)cc1. The number of anilines is 1. The van der Waals surface area contributed by atoms with Crippen molar-refractivity contribution in [3.8, 4) is 0 Å². The van der Waals surface area contributed by atoms with Crippen molar-refractivity contribution in [2.75, 3.05) is 18.4 Å². The van der Waals surface area contributed by atoms with Gasteiger partial charge in [-0.05, 0) is 62.2 Å². The van der Waals surface area contributed by atoms with E-state index >= 15 is 0 Å². The Morgan fingerprint density at radius 2 is 1.94 bits per heavy atom. The highest BCUT2D eigenvalue weighted by Crippen LogP contribution is 2.44. The maximum atomic E-state index is 13.8. The van der Waals surface area contributed by atoms with Gasteiger partial charge in [0.05, 0.1) is 12.1 Å². The number of primary amides is 1. The van der Waals surface area contributed by atoms with E-state index in [0.717, 1.165) is 23.1 Å². The second-order valence-corrected chi connectivity index (χ2v) is 8.14. The molecule has 0 radical (unpaired) electrons. The van der Waals surface area contributed by atoms with Crippen LogP contribution < -0.4 is 16.4 Å². The number of nitrogens with two attached hydrogens (primary N) is 1. The highest BCUT2D eigenvalue weighted by atomic mass is 19.1. The maximum absolute atomic E-state index is 13.8. The molecule has 160 valence electrons. The molecule has 0 unspecified atom stereocenters. The molecule has 0 atom stereocenters. The largest absolute Gasteiger partial charge is 0.482 e. The van der Waals surface area contributed by atoms with Gasteiger partial charge in [0.15, 0.2) is 0 Å². The van der Waals surface area contributed by atoms with E-state index in [4.69, 9.17) is 10.5 Å². The van der Waals surface area contributed by atoms with E-state index in [-0.39, 0.29) is 18.4 Å². The number of hydrogen-bond acceptors (Lipinski definition) is 4. The highest BCUT2D eigenvalue weighted by Gasteiger charge is 2.38. The van der Waals surface area contributed by atoms with Crippen molar-refractivity contribution in [1.29, 1.82) is 0 Å². The number of halogens is 1. The van der Waals surface area contributed by atoms with E-state index in [2.05, 4.69) is 10.6 Å². The van der Waals surface area contributed by atoms with Gasteiger partial charge >= 0.3 is 0 Å². The monoisotopic (exact) mass is 421 g/mol. The lowest BCUT2D eigenvalue weighted by atomic mass is 9.91. The first-order chi connectivity index (χ1) is 14.7. The second-order valence-electron chi connectivity index (χ2n) is 8.14. The third-order valence-corrected chi connectivity index (χ3v) is 5.42. The summed E-state index contributed by atoms with van der Waals surface area (Å²) in [6.45, 7) is 4.69. The molecule has 6 nitrogen and oxygen atoms in total. The fourth-order valence-corrected chi connectivity index (χ4v) is 3.90. The lowest BCUT2D eigenvalue weighted by Gasteiger charge is -2.23. The molecule has 2 aliphatic heterocycles. The van der Waals surface area contributed by atoms with Crippen LogP contribution in [0, 0.1) is 5.82 Å². The number of rotatable bonds is 6. The Bertz CT molecular complexity index is 1120. The van der Waals surface area contributed by atoms with Crippen molar-refractivity contribution in [2.45, 2.75) is 25.9 Å². The summed E-state index contributed by atoms with van der Waals surface area (Å²) in [5.41, 5.74) is 8.93. The molecule has 2 heterocycles. The first kappa shape index (κ1) is 20.8. The van der Waals surface area contributed by atoms with Crippen LogP contribution in [-0.2, 0) is 20.7 Å². The Balaban J connectivity index is 1.60. The molecular weight excluding hydrogens is 397 g/mol. The van der Waals surface area contributed by atoms with Gasteiger partial charge in [0.2, 0.25) is 5.91 Å². The highest BCUT2D eigenvalue weighted by molar-refractivity contribution is 6.32. The Hall–Kier alpha value is -3.45. The van der Waals surface area contributed by atoms with Crippen molar-refractivity contribution in [1.82, 2.24) is 5.32 Å². The van der Waals surface area contributed by atoms with Crippen LogP contribution in [0.4, 0.5) is 10.1 Å². The minimum absolute atomic E-state index is 0.161. The summed E-state index contributed by atoms with van der Waals surface area (Å²) in [7, 11) is 0. The second kappa shape index (κ2) is 8.00. The smallest absolute Gasteiger partial charge is 0.260 e. The number of carbonyl (C=O) groups excluding carboxylic acids is 2. The minimum atomic E-state index is -0.650. The number of allylic oxidation sites excluding steroid dienone is 1. The van der Waals surface area contributed by atoms with Gasteiger partial charge in [0.25, 0.3) is 5.91 Å². The molecule has 2 aromatic carbocycles. The predicted octanol–water partition coefficient (Wildman–Crippen LogP) is 3.00. The predicted molar refractivity (Wildman–Crippen MR) is 117 cm³/mol. The fraction of sp³-hybridized carbons (Fsp3) is 0.250. The van der Waals surface area contributed by atoms with Crippen molar-refractivity contribution in [3.63, 3.8) is 0 Å². The summed E-state index contributed by atoms with van der Waals surface area (Å²) < 4.78 is 19.9. The van der Waals surface area contributed by atoms with Gasteiger partial charge in [-0.2, -0.15) is 0 Å². The molecule has 0 fully saturated rings. The van der Waals surface area contributed by atoms with Crippen LogP contribution in [0.15, 0.2) is 54.3 Å². The molecule has 0 saturated carbocycles. The van der Waals surface area contributed by atoms with Gasteiger partial charge in [-0.25, -0.2) is 4.39 Å². The Morgan fingerprint density at radius 3 is 2.65 bits per heavy atom. The summed E-state index contributed by atoms with van der Waals surface area (Å²) in [4.78, 5) is 23.3. The number of amides is 2. The summed E-state index contributed by atoms with van der Waals surface area (Å²) >= 11 is 0. The van der Waals surface area contributed by atoms with Crippen LogP contribution in [0.3, 0.4) is 0 Å². The van der Waals surface area contributed by atoms with E-state index in [1.54, 1.807) is 6.07 Å². The first-order valence-electron chi connectivity index (χ1n) is 10.1. The Labute approximate surface area is 180 Å². The third-order valence-electron chi connectivity index (χ3n) is 5.42. The molecule has 0 spiro atoms. The Morgan fingerprint density at radius 1 is 1.19 bits per heavy atom. The van der Waals surface area contributed by atoms with E-state index in [1.165, 1.54) is 12.1 Å². The average Bonchev–Trinajstić information content (AvgIpc) is 3.20. The molecule has 2 aromatic rings. The number of benzene rings is 2. The number of hydrogen-bond donors (Lipinski definition) is 3. The number of fused-ring (bicyclic) bond motifs is 1. The first-order valence-corrected chi connectivity index (χ1v) is 10.1. The third kappa shape index (κ3) is 4.22. The zero-order valence-corrected chi connectivity index (χ0v) is 17.4.